The monoisotopic (exact) mass is 332 g/mol. The minimum atomic E-state index is -0.827. The number of rotatable bonds is 3. The van der Waals surface area contributed by atoms with Gasteiger partial charge in [-0.15, -0.1) is 4.73 Å². The van der Waals surface area contributed by atoms with Crippen LogP contribution in [0, 0.1) is 0 Å². The number of carbonyl (C=O) groups is 1. The second-order valence-corrected chi connectivity index (χ2v) is 4.98. The van der Waals surface area contributed by atoms with Crippen molar-refractivity contribution in [3.63, 3.8) is 0 Å². The molecule has 0 bridgehead atoms. The van der Waals surface area contributed by atoms with Crippen molar-refractivity contribution in [1.29, 1.82) is 0 Å². The van der Waals surface area contributed by atoms with Crippen LogP contribution in [0.2, 0.25) is 0 Å². The summed E-state index contributed by atoms with van der Waals surface area (Å²) in [7, 11) is 0. The highest BCUT2D eigenvalue weighted by Gasteiger charge is 2.22. The molecule has 0 amide bonds. The highest BCUT2D eigenvalue weighted by atomic mass is 16.5. The van der Waals surface area contributed by atoms with Crippen molar-refractivity contribution in [3.8, 4) is 35.0 Å². The SMILES string of the molecule is O=C(c1cccc(-n2c(O)cc(O)c2O)c1)c1cc(O)n(O)c1O. The second-order valence-electron chi connectivity index (χ2n) is 4.98. The predicted octanol–water partition coefficient (Wildman–Crippen LogP) is 1.28. The molecular formula is C15H12N2O7. The van der Waals surface area contributed by atoms with Crippen LogP contribution in [0.3, 0.4) is 0 Å². The van der Waals surface area contributed by atoms with Gasteiger partial charge in [-0.3, -0.25) is 4.79 Å². The van der Waals surface area contributed by atoms with Crippen LogP contribution in [0.4, 0.5) is 0 Å². The van der Waals surface area contributed by atoms with Gasteiger partial charge in [-0.1, -0.05) is 12.1 Å². The number of nitrogens with zero attached hydrogens (tertiary/aromatic N) is 2. The molecule has 24 heavy (non-hydrogen) atoms. The molecule has 0 saturated heterocycles. The Bertz CT molecular complexity index is 955. The lowest BCUT2D eigenvalue weighted by Crippen LogP contribution is -2.03. The number of aromatic hydroxyl groups is 5. The standard InChI is InChI=1S/C15H12N2O7/c18-10-6-11(19)16(15(10)23)8-3-1-2-7(4-8)13(21)9-5-12(20)17(24)14(9)22/h1-6,18-20,22-24H. The van der Waals surface area contributed by atoms with Crippen molar-refractivity contribution in [1.82, 2.24) is 9.30 Å². The molecule has 3 rings (SSSR count). The van der Waals surface area contributed by atoms with Crippen LogP contribution in [0.15, 0.2) is 36.4 Å². The van der Waals surface area contributed by atoms with E-state index in [9.17, 15) is 35.5 Å². The maximum atomic E-state index is 12.4. The summed E-state index contributed by atoms with van der Waals surface area (Å²) in [4.78, 5) is 12.4. The van der Waals surface area contributed by atoms with E-state index in [2.05, 4.69) is 0 Å². The fourth-order valence-corrected chi connectivity index (χ4v) is 2.32. The van der Waals surface area contributed by atoms with Crippen LogP contribution < -0.4 is 0 Å². The first-order chi connectivity index (χ1) is 11.3. The molecule has 6 N–H and O–H groups in total. The summed E-state index contributed by atoms with van der Waals surface area (Å²) in [6.45, 7) is 0. The van der Waals surface area contributed by atoms with Gasteiger partial charge in [-0.05, 0) is 12.1 Å². The Hall–Kier alpha value is -3.75. The van der Waals surface area contributed by atoms with Crippen molar-refractivity contribution in [2.75, 3.05) is 0 Å². The third-order valence-corrected chi connectivity index (χ3v) is 3.48. The molecule has 0 atom stereocenters. The molecule has 2 aromatic heterocycles. The normalized spacial score (nSPS) is 10.8. The van der Waals surface area contributed by atoms with E-state index in [1.54, 1.807) is 0 Å². The lowest BCUT2D eigenvalue weighted by molar-refractivity contribution is 0.102. The van der Waals surface area contributed by atoms with Crippen LogP contribution in [0.1, 0.15) is 15.9 Å². The summed E-state index contributed by atoms with van der Waals surface area (Å²) in [5.74, 6) is -3.85. The lowest BCUT2D eigenvalue weighted by Gasteiger charge is -2.08. The van der Waals surface area contributed by atoms with E-state index in [0.29, 0.717) is 0 Å². The molecule has 9 heteroatoms. The maximum Gasteiger partial charge on any atom is 0.242 e. The molecule has 0 unspecified atom stereocenters. The molecule has 0 aliphatic rings. The number of carbonyl (C=O) groups excluding carboxylic acids is 1. The van der Waals surface area contributed by atoms with Gasteiger partial charge in [0.1, 0.15) is 0 Å². The average Bonchev–Trinajstić information content (AvgIpc) is 2.96. The number of benzene rings is 1. The van der Waals surface area contributed by atoms with Crippen molar-refractivity contribution >= 4 is 5.78 Å². The van der Waals surface area contributed by atoms with Gasteiger partial charge in [-0.25, -0.2) is 4.57 Å². The zero-order chi connectivity index (χ0) is 17.6. The Balaban J connectivity index is 2.08. The minimum Gasteiger partial charge on any atom is -0.503 e. The number of ketones is 1. The van der Waals surface area contributed by atoms with E-state index in [4.69, 9.17) is 0 Å². The molecule has 0 aliphatic heterocycles. The highest BCUT2D eigenvalue weighted by molar-refractivity contribution is 6.11. The minimum absolute atomic E-state index is 0.0420. The van der Waals surface area contributed by atoms with Crippen molar-refractivity contribution in [2.45, 2.75) is 0 Å². The highest BCUT2D eigenvalue weighted by Crippen LogP contribution is 2.36. The molecule has 0 spiro atoms. The summed E-state index contributed by atoms with van der Waals surface area (Å²) in [6, 6.07) is 7.41. The molecule has 0 fully saturated rings. The predicted molar refractivity (Wildman–Crippen MR) is 79.1 cm³/mol. The summed E-state index contributed by atoms with van der Waals surface area (Å²) in [6.07, 6.45) is 0. The summed E-state index contributed by atoms with van der Waals surface area (Å²) >= 11 is 0. The van der Waals surface area contributed by atoms with Crippen LogP contribution in [0.5, 0.6) is 29.3 Å². The van der Waals surface area contributed by atoms with Gasteiger partial charge in [0.2, 0.25) is 23.5 Å². The van der Waals surface area contributed by atoms with Gasteiger partial charge < -0.3 is 30.7 Å². The maximum absolute atomic E-state index is 12.4. The largest absolute Gasteiger partial charge is 0.503 e. The quantitative estimate of drug-likeness (QED) is 0.312. The van der Waals surface area contributed by atoms with Gasteiger partial charge in [0, 0.05) is 17.7 Å². The van der Waals surface area contributed by atoms with E-state index in [-0.39, 0.29) is 21.5 Å². The molecule has 124 valence electrons. The van der Waals surface area contributed by atoms with E-state index >= 15 is 0 Å². The zero-order valence-electron chi connectivity index (χ0n) is 12.0. The molecule has 2 heterocycles. The molecule has 1 aromatic carbocycles. The Morgan fingerprint density at radius 2 is 1.58 bits per heavy atom. The Morgan fingerprint density at radius 3 is 2.12 bits per heavy atom. The van der Waals surface area contributed by atoms with Crippen LogP contribution >= 0.6 is 0 Å². The zero-order valence-corrected chi connectivity index (χ0v) is 12.0. The topological polar surface area (TPSA) is 148 Å². The first kappa shape index (κ1) is 15.2. The molecule has 9 nitrogen and oxygen atoms in total. The summed E-state index contributed by atoms with van der Waals surface area (Å²) < 4.78 is 0.958. The third-order valence-electron chi connectivity index (χ3n) is 3.48. The van der Waals surface area contributed by atoms with Crippen molar-refractivity contribution < 1.29 is 35.5 Å². The first-order valence-corrected chi connectivity index (χ1v) is 6.62. The third kappa shape index (κ3) is 2.15. The Kier molecular flexibility index (Phi) is 3.26. The second kappa shape index (κ2) is 5.16. The van der Waals surface area contributed by atoms with Crippen LogP contribution in [0.25, 0.3) is 5.69 Å². The number of aromatic nitrogens is 2. The van der Waals surface area contributed by atoms with E-state index in [1.807, 2.05) is 0 Å². The molecular weight excluding hydrogens is 320 g/mol. The van der Waals surface area contributed by atoms with Gasteiger partial charge in [-0.2, -0.15) is 0 Å². The Morgan fingerprint density at radius 1 is 0.875 bits per heavy atom. The number of hydrogen-bond donors (Lipinski definition) is 6. The molecule has 0 radical (unpaired) electrons. The van der Waals surface area contributed by atoms with Crippen molar-refractivity contribution in [2.24, 2.45) is 0 Å². The molecule has 0 saturated carbocycles. The van der Waals surface area contributed by atoms with Gasteiger partial charge in [0.05, 0.1) is 11.3 Å². The summed E-state index contributed by atoms with van der Waals surface area (Å²) in [5.41, 5.74) is -0.125. The average molecular weight is 332 g/mol. The van der Waals surface area contributed by atoms with Crippen LogP contribution in [-0.2, 0) is 0 Å². The fraction of sp³-hybridized carbons (Fsp3) is 0. The Labute approximate surface area is 134 Å². The van der Waals surface area contributed by atoms with Gasteiger partial charge in [0.15, 0.2) is 11.5 Å². The van der Waals surface area contributed by atoms with Gasteiger partial charge >= 0.3 is 0 Å². The summed E-state index contributed by atoms with van der Waals surface area (Å²) in [5, 5.41) is 57.2. The van der Waals surface area contributed by atoms with E-state index in [1.165, 1.54) is 24.3 Å². The molecule has 3 aromatic rings. The van der Waals surface area contributed by atoms with E-state index in [0.717, 1.165) is 16.7 Å². The fourth-order valence-electron chi connectivity index (χ4n) is 2.32. The van der Waals surface area contributed by atoms with Crippen molar-refractivity contribution in [3.05, 3.63) is 47.5 Å². The smallest absolute Gasteiger partial charge is 0.242 e. The molecule has 0 aliphatic carbocycles. The van der Waals surface area contributed by atoms with E-state index < -0.39 is 35.1 Å². The lowest BCUT2D eigenvalue weighted by atomic mass is 10.0. The van der Waals surface area contributed by atoms with Crippen LogP contribution in [-0.4, -0.2) is 45.8 Å². The van der Waals surface area contributed by atoms with Gasteiger partial charge in [0.25, 0.3) is 0 Å². The first-order valence-electron chi connectivity index (χ1n) is 6.62. The number of hydrogen-bond acceptors (Lipinski definition) is 7.